The summed E-state index contributed by atoms with van der Waals surface area (Å²) in [5, 5.41) is 9.41. The van der Waals surface area contributed by atoms with Gasteiger partial charge in [0.2, 0.25) is 11.6 Å². The van der Waals surface area contributed by atoms with Gasteiger partial charge in [-0.25, -0.2) is 4.79 Å². The number of anilines is 1. The molecule has 10 heteroatoms. The minimum absolute atomic E-state index is 0.00806. The van der Waals surface area contributed by atoms with Gasteiger partial charge in [-0.15, -0.1) is 0 Å². The van der Waals surface area contributed by atoms with Crippen LogP contribution in [-0.4, -0.2) is 29.6 Å². The first kappa shape index (κ1) is 28.3. The van der Waals surface area contributed by atoms with E-state index in [-0.39, 0.29) is 48.7 Å². The third-order valence-corrected chi connectivity index (χ3v) is 8.01. The van der Waals surface area contributed by atoms with Crippen molar-refractivity contribution in [1.29, 1.82) is 5.26 Å². The second-order valence-corrected chi connectivity index (χ2v) is 10.3. The Hall–Kier alpha value is -4.26. The van der Waals surface area contributed by atoms with Gasteiger partial charge in [0.25, 0.3) is 11.8 Å². The summed E-state index contributed by atoms with van der Waals surface area (Å²) >= 11 is 0. The van der Waals surface area contributed by atoms with Crippen LogP contribution < -0.4 is 14.4 Å². The lowest BCUT2D eigenvalue weighted by atomic mass is 9.79. The van der Waals surface area contributed by atoms with Crippen molar-refractivity contribution in [1.82, 2.24) is 4.98 Å². The van der Waals surface area contributed by atoms with Crippen molar-refractivity contribution in [3.63, 3.8) is 0 Å². The Morgan fingerprint density at radius 2 is 1.88 bits per heavy atom. The lowest BCUT2D eigenvalue weighted by Gasteiger charge is -2.45. The number of esters is 1. The molecule has 41 heavy (non-hydrogen) atoms. The quantitative estimate of drug-likeness (QED) is 0.200. The van der Waals surface area contributed by atoms with Gasteiger partial charge in [-0.05, 0) is 69.1 Å². The Kier molecular flexibility index (Phi) is 8.06. The lowest BCUT2D eigenvalue weighted by molar-refractivity contribution is -0.152. The number of ether oxygens (including phenoxy) is 3. The van der Waals surface area contributed by atoms with Crippen LogP contribution in [0.25, 0.3) is 0 Å². The van der Waals surface area contributed by atoms with Gasteiger partial charge in [0, 0.05) is 12.6 Å². The third-order valence-electron chi connectivity index (χ3n) is 8.01. The van der Waals surface area contributed by atoms with E-state index in [1.807, 2.05) is 36.4 Å². The topological polar surface area (TPSA) is 84.7 Å². The predicted octanol–water partition coefficient (Wildman–Crippen LogP) is 6.69. The van der Waals surface area contributed by atoms with E-state index in [1.165, 1.54) is 23.1 Å². The highest BCUT2D eigenvalue weighted by atomic mass is 19.2. The molecule has 1 heterocycles. The zero-order valence-electron chi connectivity index (χ0n) is 22.8. The second-order valence-electron chi connectivity index (χ2n) is 10.3. The molecule has 2 saturated carbocycles. The van der Waals surface area contributed by atoms with Gasteiger partial charge in [-0.1, -0.05) is 30.3 Å². The van der Waals surface area contributed by atoms with Crippen molar-refractivity contribution in [2.24, 2.45) is 11.8 Å². The van der Waals surface area contributed by atoms with Crippen molar-refractivity contribution >= 4 is 11.7 Å². The number of pyridine rings is 1. The van der Waals surface area contributed by atoms with Crippen molar-refractivity contribution in [3.05, 3.63) is 77.2 Å². The van der Waals surface area contributed by atoms with Crippen molar-refractivity contribution < 1.29 is 32.2 Å². The highest BCUT2D eigenvalue weighted by Gasteiger charge is 2.60. The highest BCUT2D eigenvalue weighted by molar-refractivity contribution is 5.87. The van der Waals surface area contributed by atoms with Crippen LogP contribution in [0.2, 0.25) is 0 Å². The van der Waals surface area contributed by atoms with E-state index < -0.39 is 40.7 Å². The van der Waals surface area contributed by atoms with E-state index in [4.69, 9.17) is 14.2 Å². The number of halogens is 3. The molecular weight excluding hydrogens is 535 g/mol. The molecule has 0 radical (unpaired) electrons. The standard InChI is InChI=1S/C31H30F3N3O4/c1-3-37(31(30(38)39-4-2)16-20-10-12-22(31)14-20)27-25(32)28(34)36-29(26(27)33)41-24-15-21(17-35)11-13-23(24)40-18-19-8-6-5-7-9-19/h5-9,11,13,15,20,22H,3-4,10,12,14,16,18H2,1-2H3. The Balaban J connectivity index is 1.55. The largest absolute Gasteiger partial charge is 0.485 e. The van der Waals surface area contributed by atoms with Crippen molar-refractivity contribution in [2.45, 2.75) is 51.7 Å². The Labute approximate surface area is 236 Å². The number of aromatic nitrogens is 1. The molecule has 214 valence electrons. The average Bonchev–Trinajstić information content (AvgIpc) is 3.60. The number of rotatable bonds is 10. The molecule has 0 spiro atoms. The fourth-order valence-corrected chi connectivity index (χ4v) is 6.29. The zero-order chi connectivity index (χ0) is 29.1. The molecule has 1 aromatic heterocycles. The van der Waals surface area contributed by atoms with Crippen LogP contribution >= 0.6 is 0 Å². The molecule has 3 unspecified atom stereocenters. The summed E-state index contributed by atoms with van der Waals surface area (Å²) in [6.45, 7) is 3.56. The Bertz CT molecular complexity index is 1480. The molecule has 0 aliphatic heterocycles. The first-order valence-corrected chi connectivity index (χ1v) is 13.7. The van der Waals surface area contributed by atoms with Gasteiger partial charge in [0.05, 0.1) is 18.2 Å². The monoisotopic (exact) mass is 565 g/mol. The van der Waals surface area contributed by atoms with Crippen LogP contribution in [0.5, 0.6) is 17.4 Å². The van der Waals surface area contributed by atoms with Gasteiger partial charge >= 0.3 is 5.97 Å². The number of carbonyl (C=O) groups is 1. The molecule has 0 amide bonds. The number of hydrogen-bond acceptors (Lipinski definition) is 7. The summed E-state index contributed by atoms with van der Waals surface area (Å²) in [7, 11) is 0. The number of nitriles is 1. The molecule has 7 nitrogen and oxygen atoms in total. The van der Waals surface area contributed by atoms with Gasteiger partial charge in [-0.3, -0.25) is 0 Å². The summed E-state index contributed by atoms with van der Waals surface area (Å²) in [5.74, 6) is -5.76. The Morgan fingerprint density at radius 3 is 2.51 bits per heavy atom. The van der Waals surface area contributed by atoms with Crippen LogP contribution in [0.15, 0.2) is 48.5 Å². The molecule has 2 bridgehead atoms. The number of carbonyl (C=O) groups excluding carboxylic acids is 1. The van der Waals surface area contributed by atoms with Crippen LogP contribution in [0, 0.1) is 40.7 Å². The molecule has 2 aliphatic rings. The minimum atomic E-state index is -1.58. The molecule has 2 fully saturated rings. The van der Waals surface area contributed by atoms with Gasteiger partial charge in [0.15, 0.2) is 11.5 Å². The van der Waals surface area contributed by atoms with E-state index in [0.717, 1.165) is 18.4 Å². The molecule has 0 N–H and O–H groups in total. The molecule has 2 aromatic carbocycles. The van der Waals surface area contributed by atoms with E-state index in [0.29, 0.717) is 12.8 Å². The molecular formula is C31H30F3N3O4. The summed E-state index contributed by atoms with van der Waals surface area (Å²) in [6, 6.07) is 15.5. The first-order chi connectivity index (χ1) is 19.8. The smallest absolute Gasteiger partial charge is 0.332 e. The number of nitrogens with zero attached hydrogens (tertiary/aromatic N) is 3. The van der Waals surface area contributed by atoms with Crippen LogP contribution in [0.4, 0.5) is 18.9 Å². The lowest BCUT2D eigenvalue weighted by Crippen LogP contribution is -2.59. The van der Waals surface area contributed by atoms with Gasteiger partial charge < -0.3 is 19.1 Å². The van der Waals surface area contributed by atoms with Crippen LogP contribution in [-0.2, 0) is 16.1 Å². The number of benzene rings is 2. The molecule has 5 rings (SSSR count). The third kappa shape index (κ3) is 5.17. The van der Waals surface area contributed by atoms with Gasteiger partial charge in [-0.2, -0.15) is 23.4 Å². The summed E-state index contributed by atoms with van der Waals surface area (Å²) < 4.78 is 63.7. The van der Waals surface area contributed by atoms with E-state index in [1.54, 1.807) is 13.8 Å². The summed E-state index contributed by atoms with van der Waals surface area (Å²) in [5.41, 5.74) is -1.06. The number of hydrogen-bond donors (Lipinski definition) is 0. The number of likely N-dealkylation sites (N-methyl/N-ethyl adjacent to an activating group) is 1. The maximum absolute atomic E-state index is 16.2. The maximum atomic E-state index is 16.2. The number of fused-ring (bicyclic) bond motifs is 2. The summed E-state index contributed by atoms with van der Waals surface area (Å²) in [4.78, 5) is 18.1. The summed E-state index contributed by atoms with van der Waals surface area (Å²) in [6.07, 6.45) is 2.68. The molecule has 3 atom stereocenters. The molecule has 2 aliphatic carbocycles. The molecule has 3 aromatic rings. The average molecular weight is 566 g/mol. The Morgan fingerprint density at radius 1 is 1.10 bits per heavy atom. The van der Waals surface area contributed by atoms with Crippen molar-refractivity contribution in [3.8, 4) is 23.4 Å². The van der Waals surface area contributed by atoms with E-state index >= 15 is 13.2 Å². The fraction of sp³-hybridized carbons (Fsp3) is 0.387. The minimum Gasteiger partial charge on any atom is -0.485 e. The predicted molar refractivity (Wildman–Crippen MR) is 144 cm³/mol. The van der Waals surface area contributed by atoms with E-state index in [9.17, 15) is 10.1 Å². The van der Waals surface area contributed by atoms with Crippen LogP contribution in [0.1, 0.15) is 50.7 Å². The second kappa shape index (κ2) is 11.7. The first-order valence-electron chi connectivity index (χ1n) is 13.7. The highest BCUT2D eigenvalue weighted by Crippen LogP contribution is 2.55. The fourth-order valence-electron chi connectivity index (χ4n) is 6.29. The van der Waals surface area contributed by atoms with Gasteiger partial charge in [0.1, 0.15) is 17.8 Å². The molecule has 0 saturated heterocycles. The van der Waals surface area contributed by atoms with E-state index in [2.05, 4.69) is 4.98 Å². The van der Waals surface area contributed by atoms with Crippen LogP contribution in [0.3, 0.4) is 0 Å². The maximum Gasteiger partial charge on any atom is 0.332 e. The zero-order valence-corrected chi connectivity index (χ0v) is 22.8. The van der Waals surface area contributed by atoms with Crippen molar-refractivity contribution in [2.75, 3.05) is 18.1 Å². The normalized spacial score (nSPS) is 20.9. The SMILES string of the molecule is CCOC(=O)C1(N(CC)c2c(F)c(F)nc(Oc3cc(C#N)ccc3OCc3ccccc3)c2F)CC2CCC1C2.